The van der Waals surface area contributed by atoms with E-state index in [9.17, 15) is 4.79 Å². The zero-order valence-corrected chi connectivity index (χ0v) is 20.8. The summed E-state index contributed by atoms with van der Waals surface area (Å²) >= 11 is 0. The first-order valence-electron chi connectivity index (χ1n) is 13.0. The average Bonchev–Trinajstić information content (AvgIpc) is 3.41. The van der Waals surface area contributed by atoms with E-state index in [1.165, 1.54) is 22.3 Å². The van der Waals surface area contributed by atoms with Crippen molar-refractivity contribution in [3.8, 4) is 16.9 Å². The Morgan fingerprint density at radius 3 is 1.92 bits per heavy atom. The summed E-state index contributed by atoms with van der Waals surface area (Å²) in [6, 6.07) is 37.8. The molecule has 1 heterocycles. The molecule has 0 aliphatic carbocycles. The lowest BCUT2D eigenvalue weighted by molar-refractivity contribution is -0.138. The monoisotopic (exact) mass is 475 g/mol. The van der Waals surface area contributed by atoms with Crippen LogP contribution in [-0.4, -0.2) is 24.0 Å². The molecule has 5 rings (SSSR count). The number of rotatable bonds is 8. The zero-order valence-electron chi connectivity index (χ0n) is 20.8. The highest BCUT2D eigenvalue weighted by atomic mass is 16.5. The molecular formula is C33H33NO2. The van der Waals surface area contributed by atoms with Crippen LogP contribution >= 0.6 is 0 Å². The van der Waals surface area contributed by atoms with Gasteiger partial charge in [-0.3, -0.25) is 9.69 Å². The molecule has 4 aromatic carbocycles. The SMILES string of the molecule is CCCc1ccc(-c2ccc(OC(=O)C3CCN(C(c4ccccc4)c4ccccc4)C3)cc2)cc1. The molecule has 1 fully saturated rings. The van der Waals surface area contributed by atoms with Crippen molar-refractivity contribution in [2.75, 3.05) is 13.1 Å². The number of ether oxygens (including phenoxy) is 1. The Hall–Kier alpha value is -3.69. The predicted molar refractivity (Wildman–Crippen MR) is 146 cm³/mol. The fourth-order valence-electron chi connectivity index (χ4n) is 5.17. The molecule has 1 aliphatic heterocycles. The van der Waals surface area contributed by atoms with Gasteiger partial charge < -0.3 is 4.74 Å². The van der Waals surface area contributed by atoms with E-state index in [2.05, 4.69) is 84.6 Å². The zero-order chi connectivity index (χ0) is 24.7. The standard InChI is InChI=1S/C33H33NO2/c1-2-9-25-14-16-26(17-15-25)27-18-20-31(21-19-27)36-33(35)30-22-23-34(24-30)32(28-10-5-3-6-11-28)29-12-7-4-8-13-29/h3-8,10-21,30,32H,2,9,22-24H2,1H3. The number of esters is 1. The molecule has 1 saturated heterocycles. The normalized spacial score (nSPS) is 15.8. The second-order valence-electron chi connectivity index (χ2n) is 9.60. The van der Waals surface area contributed by atoms with Gasteiger partial charge in [-0.1, -0.05) is 110 Å². The first kappa shape index (κ1) is 24.0. The Balaban J connectivity index is 1.24. The molecule has 0 aromatic heterocycles. The van der Waals surface area contributed by atoms with Crippen LogP contribution in [0.1, 0.15) is 42.5 Å². The van der Waals surface area contributed by atoms with Crippen LogP contribution in [0.15, 0.2) is 109 Å². The molecule has 0 radical (unpaired) electrons. The van der Waals surface area contributed by atoms with Gasteiger partial charge in [0.15, 0.2) is 0 Å². The van der Waals surface area contributed by atoms with Crippen molar-refractivity contribution >= 4 is 5.97 Å². The smallest absolute Gasteiger partial charge is 0.315 e. The Kier molecular flexibility index (Phi) is 7.58. The minimum Gasteiger partial charge on any atom is -0.426 e. The highest BCUT2D eigenvalue weighted by Crippen LogP contribution is 2.34. The third-order valence-corrected chi connectivity index (χ3v) is 7.05. The molecule has 1 atom stereocenters. The van der Waals surface area contributed by atoms with E-state index in [0.29, 0.717) is 12.3 Å². The summed E-state index contributed by atoms with van der Waals surface area (Å²) in [5.74, 6) is 0.326. The maximum Gasteiger partial charge on any atom is 0.315 e. The maximum absolute atomic E-state index is 13.1. The van der Waals surface area contributed by atoms with Gasteiger partial charge in [-0.25, -0.2) is 0 Å². The van der Waals surface area contributed by atoms with Gasteiger partial charge in [-0.2, -0.15) is 0 Å². The number of aryl methyl sites for hydroxylation is 1. The first-order valence-corrected chi connectivity index (χ1v) is 13.0. The van der Waals surface area contributed by atoms with Crippen LogP contribution in [0.2, 0.25) is 0 Å². The van der Waals surface area contributed by atoms with E-state index in [1.807, 2.05) is 36.4 Å². The number of likely N-dealkylation sites (tertiary alicyclic amines) is 1. The molecule has 4 aromatic rings. The molecule has 182 valence electrons. The number of nitrogens with zero attached hydrogens (tertiary/aromatic N) is 1. The van der Waals surface area contributed by atoms with Crippen molar-refractivity contribution in [2.45, 2.75) is 32.2 Å². The van der Waals surface area contributed by atoms with Crippen molar-refractivity contribution in [3.63, 3.8) is 0 Å². The molecule has 3 heteroatoms. The number of hydrogen-bond acceptors (Lipinski definition) is 3. The van der Waals surface area contributed by atoms with Crippen LogP contribution in [0, 0.1) is 5.92 Å². The minimum absolute atomic E-state index is 0.133. The third kappa shape index (κ3) is 5.58. The predicted octanol–water partition coefficient (Wildman–Crippen LogP) is 7.32. The number of carbonyl (C=O) groups excluding carboxylic acids is 1. The van der Waals surface area contributed by atoms with Gasteiger partial charge in [0.25, 0.3) is 0 Å². The van der Waals surface area contributed by atoms with Gasteiger partial charge in [0.05, 0.1) is 12.0 Å². The fraction of sp³-hybridized carbons (Fsp3) is 0.242. The average molecular weight is 476 g/mol. The molecular weight excluding hydrogens is 442 g/mol. The highest BCUT2D eigenvalue weighted by molar-refractivity contribution is 5.76. The second kappa shape index (κ2) is 11.4. The molecule has 0 bridgehead atoms. The molecule has 3 nitrogen and oxygen atoms in total. The number of carbonyl (C=O) groups is 1. The van der Waals surface area contributed by atoms with E-state index in [1.54, 1.807) is 0 Å². The largest absolute Gasteiger partial charge is 0.426 e. The summed E-state index contributed by atoms with van der Waals surface area (Å²) in [5, 5.41) is 0. The van der Waals surface area contributed by atoms with E-state index >= 15 is 0 Å². The van der Waals surface area contributed by atoms with E-state index in [4.69, 9.17) is 4.74 Å². The van der Waals surface area contributed by atoms with Crippen molar-refractivity contribution in [1.29, 1.82) is 0 Å². The van der Waals surface area contributed by atoms with Gasteiger partial charge in [0, 0.05) is 6.54 Å². The second-order valence-corrected chi connectivity index (χ2v) is 9.60. The third-order valence-electron chi connectivity index (χ3n) is 7.05. The molecule has 1 aliphatic rings. The maximum atomic E-state index is 13.1. The van der Waals surface area contributed by atoms with Crippen molar-refractivity contribution in [2.24, 2.45) is 5.92 Å². The Morgan fingerprint density at radius 2 is 1.36 bits per heavy atom. The first-order chi connectivity index (χ1) is 17.7. The summed E-state index contributed by atoms with van der Waals surface area (Å²) in [4.78, 5) is 15.5. The Morgan fingerprint density at radius 1 is 0.806 bits per heavy atom. The van der Waals surface area contributed by atoms with Crippen LogP contribution < -0.4 is 4.74 Å². The van der Waals surface area contributed by atoms with Crippen LogP contribution in [0.3, 0.4) is 0 Å². The molecule has 0 N–H and O–H groups in total. The van der Waals surface area contributed by atoms with E-state index in [0.717, 1.165) is 31.4 Å². The van der Waals surface area contributed by atoms with Gasteiger partial charge in [0.1, 0.15) is 5.75 Å². The van der Waals surface area contributed by atoms with Crippen molar-refractivity contribution in [3.05, 3.63) is 126 Å². The molecule has 0 spiro atoms. The lowest BCUT2D eigenvalue weighted by Gasteiger charge is -2.28. The molecule has 0 saturated carbocycles. The minimum atomic E-state index is -0.144. The van der Waals surface area contributed by atoms with Crippen molar-refractivity contribution in [1.82, 2.24) is 4.90 Å². The van der Waals surface area contributed by atoms with Gasteiger partial charge in [-0.05, 0) is 59.3 Å². The summed E-state index contributed by atoms with van der Waals surface area (Å²) in [6.45, 7) is 3.75. The van der Waals surface area contributed by atoms with Gasteiger partial charge >= 0.3 is 5.97 Å². The lowest BCUT2D eigenvalue weighted by Crippen LogP contribution is -2.30. The topological polar surface area (TPSA) is 29.5 Å². The Bertz CT molecular complexity index is 1210. The van der Waals surface area contributed by atoms with Crippen LogP contribution in [0.25, 0.3) is 11.1 Å². The summed E-state index contributed by atoms with van der Waals surface area (Å²) in [7, 11) is 0. The quantitative estimate of drug-likeness (QED) is 0.197. The van der Waals surface area contributed by atoms with Gasteiger partial charge in [0.2, 0.25) is 0 Å². The summed E-state index contributed by atoms with van der Waals surface area (Å²) in [6.07, 6.45) is 3.06. The summed E-state index contributed by atoms with van der Waals surface area (Å²) < 4.78 is 5.81. The van der Waals surface area contributed by atoms with E-state index in [-0.39, 0.29) is 17.9 Å². The molecule has 0 amide bonds. The molecule has 36 heavy (non-hydrogen) atoms. The van der Waals surface area contributed by atoms with Crippen molar-refractivity contribution < 1.29 is 9.53 Å². The van der Waals surface area contributed by atoms with Crippen LogP contribution in [-0.2, 0) is 11.2 Å². The van der Waals surface area contributed by atoms with Crippen LogP contribution in [0.4, 0.5) is 0 Å². The number of hydrogen-bond donors (Lipinski definition) is 0. The van der Waals surface area contributed by atoms with Gasteiger partial charge in [-0.15, -0.1) is 0 Å². The van der Waals surface area contributed by atoms with Crippen LogP contribution in [0.5, 0.6) is 5.75 Å². The summed E-state index contributed by atoms with van der Waals surface area (Å²) in [5.41, 5.74) is 6.15. The lowest BCUT2D eigenvalue weighted by atomic mass is 9.97. The number of benzene rings is 4. The Labute approximate surface area is 214 Å². The molecule has 1 unspecified atom stereocenters. The highest BCUT2D eigenvalue weighted by Gasteiger charge is 2.34. The fourth-order valence-corrected chi connectivity index (χ4v) is 5.17. The van der Waals surface area contributed by atoms with E-state index < -0.39 is 0 Å².